The van der Waals surface area contributed by atoms with Gasteiger partial charge in [0.1, 0.15) is 5.69 Å². The number of amides is 1. The lowest BCUT2D eigenvalue weighted by Crippen LogP contribution is -2.32. The van der Waals surface area contributed by atoms with Crippen molar-refractivity contribution in [3.05, 3.63) is 30.0 Å². The summed E-state index contributed by atoms with van der Waals surface area (Å²) in [7, 11) is -0.946. The van der Waals surface area contributed by atoms with Crippen LogP contribution in [-0.4, -0.2) is 33.2 Å². The van der Waals surface area contributed by atoms with Crippen molar-refractivity contribution >= 4 is 33.3 Å². The molecular formula is C13H17N3O2S. The highest BCUT2D eigenvalue weighted by molar-refractivity contribution is 7.84. The molecule has 6 heteroatoms. The Kier molecular flexibility index (Phi) is 3.90. The number of hydrogen-bond acceptors (Lipinski definition) is 3. The lowest BCUT2D eigenvalue weighted by atomic mass is 10.2. The topological polar surface area (TPSA) is 88.0 Å². The van der Waals surface area contributed by atoms with Gasteiger partial charge in [0.05, 0.1) is 11.2 Å². The number of nitrogen functional groups attached to an aromatic ring is 1. The Morgan fingerprint density at radius 3 is 2.89 bits per heavy atom. The first-order chi connectivity index (χ1) is 8.99. The van der Waals surface area contributed by atoms with E-state index >= 15 is 0 Å². The molecule has 0 aliphatic carbocycles. The van der Waals surface area contributed by atoms with E-state index in [0.29, 0.717) is 17.9 Å². The number of benzene rings is 1. The molecule has 102 valence electrons. The summed E-state index contributed by atoms with van der Waals surface area (Å²) in [6.45, 7) is 2.21. The molecule has 2 aromatic rings. The molecule has 0 fully saturated rings. The average Bonchev–Trinajstić information content (AvgIpc) is 2.80. The van der Waals surface area contributed by atoms with E-state index in [4.69, 9.17) is 5.73 Å². The summed E-state index contributed by atoms with van der Waals surface area (Å²) in [6, 6.07) is 7.27. The van der Waals surface area contributed by atoms with Crippen LogP contribution in [0.3, 0.4) is 0 Å². The Morgan fingerprint density at radius 2 is 2.26 bits per heavy atom. The van der Waals surface area contributed by atoms with Gasteiger partial charge in [0, 0.05) is 34.2 Å². The molecule has 1 heterocycles. The third kappa shape index (κ3) is 2.96. The van der Waals surface area contributed by atoms with Crippen LogP contribution in [0.15, 0.2) is 24.3 Å². The van der Waals surface area contributed by atoms with Gasteiger partial charge >= 0.3 is 0 Å². The highest BCUT2D eigenvalue weighted by Gasteiger charge is 2.12. The van der Waals surface area contributed by atoms with Gasteiger partial charge in [-0.2, -0.15) is 0 Å². The summed E-state index contributed by atoms with van der Waals surface area (Å²) in [5.74, 6) is -0.215. The van der Waals surface area contributed by atoms with Crippen molar-refractivity contribution < 1.29 is 9.00 Å². The molecule has 2 rings (SSSR count). The van der Waals surface area contributed by atoms with Crippen molar-refractivity contribution in [1.82, 2.24) is 10.3 Å². The number of carbonyl (C=O) groups excluding carboxylic acids is 1. The summed E-state index contributed by atoms with van der Waals surface area (Å²) in [4.78, 5) is 15.0. The van der Waals surface area contributed by atoms with E-state index in [1.165, 1.54) is 0 Å². The van der Waals surface area contributed by atoms with E-state index in [9.17, 15) is 9.00 Å². The van der Waals surface area contributed by atoms with Crippen LogP contribution >= 0.6 is 0 Å². The van der Waals surface area contributed by atoms with Crippen molar-refractivity contribution in [1.29, 1.82) is 0 Å². The molecule has 2 unspecified atom stereocenters. The molecule has 0 aliphatic rings. The van der Waals surface area contributed by atoms with Crippen molar-refractivity contribution in [2.45, 2.75) is 12.2 Å². The molecule has 19 heavy (non-hydrogen) atoms. The van der Waals surface area contributed by atoms with Gasteiger partial charge in [0.2, 0.25) is 0 Å². The maximum atomic E-state index is 12.0. The number of para-hydroxylation sites is 1. The SMILES string of the molecule is CC(CNC(=O)c1cc2cccc(N)c2[nH]1)S(C)=O. The maximum absolute atomic E-state index is 12.0. The van der Waals surface area contributed by atoms with Crippen molar-refractivity contribution in [3.8, 4) is 0 Å². The van der Waals surface area contributed by atoms with Crippen LogP contribution in [0.1, 0.15) is 17.4 Å². The van der Waals surface area contributed by atoms with Gasteiger partial charge in [-0.15, -0.1) is 0 Å². The van der Waals surface area contributed by atoms with Crippen LogP contribution in [0.2, 0.25) is 0 Å². The number of aromatic amines is 1. The Labute approximate surface area is 114 Å². The standard InChI is InChI=1S/C13H17N3O2S/c1-8(19(2)18)7-15-13(17)11-6-9-4-3-5-10(14)12(9)16-11/h3-6,8,16H,7,14H2,1-2H3,(H,15,17). The van der Waals surface area contributed by atoms with Crippen LogP contribution < -0.4 is 11.1 Å². The first-order valence-electron chi connectivity index (χ1n) is 5.96. The summed E-state index contributed by atoms with van der Waals surface area (Å²) < 4.78 is 11.2. The predicted octanol–water partition coefficient (Wildman–Crippen LogP) is 1.25. The molecule has 1 amide bonds. The summed E-state index contributed by atoms with van der Waals surface area (Å²) in [5.41, 5.74) is 7.66. The van der Waals surface area contributed by atoms with E-state index < -0.39 is 10.8 Å². The quantitative estimate of drug-likeness (QED) is 0.736. The molecule has 2 atom stereocenters. The van der Waals surface area contributed by atoms with Crippen molar-refractivity contribution in [3.63, 3.8) is 0 Å². The number of aromatic nitrogens is 1. The summed E-state index contributed by atoms with van der Waals surface area (Å²) in [6.07, 6.45) is 1.63. The fourth-order valence-corrected chi connectivity index (χ4v) is 2.07. The number of anilines is 1. The smallest absolute Gasteiger partial charge is 0.267 e. The van der Waals surface area contributed by atoms with Crippen LogP contribution in [0.25, 0.3) is 10.9 Å². The van der Waals surface area contributed by atoms with Gasteiger partial charge in [-0.05, 0) is 19.1 Å². The summed E-state index contributed by atoms with van der Waals surface area (Å²) >= 11 is 0. The van der Waals surface area contributed by atoms with Gasteiger partial charge in [-0.25, -0.2) is 0 Å². The van der Waals surface area contributed by atoms with Crippen LogP contribution in [0.5, 0.6) is 0 Å². The van der Waals surface area contributed by atoms with E-state index in [1.54, 1.807) is 18.4 Å². The zero-order valence-electron chi connectivity index (χ0n) is 10.9. The Morgan fingerprint density at radius 1 is 1.53 bits per heavy atom. The van der Waals surface area contributed by atoms with Crippen molar-refractivity contribution in [2.24, 2.45) is 0 Å². The van der Waals surface area contributed by atoms with E-state index in [0.717, 1.165) is 10.9 Å². The molecule has 5 nitrogen and oxygen atoms in total. The predicted molar refractivity (Wildman–Crippen MR) is 78.6 cm³/mol. The second-order valence-corrected chi connectivity index (χ2v) is 6.32. The molecule has 0 bridgehead atoms. The number of fused-ring (bicyclic) bond motifs is 1. The van der Waals surface area contributed by atoms with Gasteiger partial charge in [-0.3, -0.25) is 9.00 Å². The minimum atomic E-state index is -0.946. The fraction of sp³-hybridized carbons (Fsp3) is 0.308. The molecule has 4 N–H and O–H groups in total. The first kappa shape index (κ1) is 13.6. The lowest BCUT2D eigenvalue weighted by Gasteiger charge is -2.08. The second-order valence-electron chi connectivity index (χ2n) is 4.51. The Bertz CT molecular complexity index is 636. The van der Waals surface area contributed by atoms with Gasteiger partial charge in [-0.1, -0.05) is 12.1 Å². The number of hydrogen-bond donors (Lipinski definition) is 3. The van der Waals surface area contributed by atoms with E-state index in [1.807, 2.05) is 19.1 Å². The van der Waals surface area contributed by atoms with Crippen LogP contribution in [-0.2, 0) is 10.8 Å². The maximum Gasteiger partial charge on any atom is 0.267 e. The van der Waals surface area contributed by atoms with Crippen LogP contribution in [0, 0.1) is 0 Å². The van der Waals surface area contributed by atoms with Gasteiger partial charge in [0.15, 0.2) is 0 Å². The molecule has 0 aliphatic heterocycles. The highest BCUT2D eigenvalue weighted by atomic mass is 32.2. The Balaban J connectivity index is 2.14. The minimum Gasteiger partial charge on any atom is -0.397 e. The largest absolute Gasteiger partial charge is 0.397 e. The first-order valence-corrected chi connectivity index (χ1v) is 7.59. The fourth-order valence-electron chi connectivity index (χ4n) is 1.75. The number of nitrogens with one attached hydrogen (secondary N) is 2. The number of nitrogens with two attached hydrogens (primary N) is 1. The molecule has 0 saturated heterocycles. The number of carbonyl (C=O) groups is 1. The Hall–Kier alpha value is -1.82. The normalized spacial score (nSPS) is 14.2. The zero-order valence-corrected chi connectivity index (χ0v) is 11.7. The number of rotatable bonds is 4. The van der Waals surface area contributed by atoms with Gasteiger partial charge in [0.25, 0.3) is 5.91 Å². The van der Waals surface area contributed by atoms with Crippen molar-refractivity contribution in [2.75, 3.05) is 18.5 Å². The molecular weight excluding hydrogens is 262 g/mol. The molecule has 1 aromatic carbocycles. The van der Waals surface area contributed by atoms with E-state index in [-0.39, 0.29) is 11.2 Å². The third-order valence-electron chi connectivity index (χ3n) is 3.05. The summed E-state index contributed by atoms with van der Waals surface area (Å²) in [5, 5.41) is 3.59. The second kappa shape index (κ2) is 5.44. The number of H-pyrrole nitrogens is 1. The highest BCUT2D eigenvalue weighted by Crippen LogP contribution is 2.20. The van der Waals surface area contributed by atoms with E-state index in [2.05, 4.69) is 10.3 Å². The molecule has 0 radical (unpaired) electrons. The minimum absolute atomic E-state index is 0.0709. The zero-order chi connectivity index (χ0) is 14.0. The molecule has 0 spiro atoms. The average molecular weight is 279 g/mol. The third-order valence-corrected chi connectivity index (χ3v) is 4.35. The van der Waals surface area contributed by atoms with Crippen LogP contribution in [0.4, 0.5) is 5.69 Å². The molecule has 0 saturated carbocycles. The molecule has 1 aromatic heterocycles. The lowest BCUT2D eigenvalue weighted by molar-refractivity contribution is 0.0950. The monoisotopic (exact) mass is 279 g/mol. The van der Waals surface area contributed by atoms with Gasteiger partial charge < -0.3 is 16.0 Å².